The number of esters is 1. The van der Waals surface area contributed by atoms with Gasteiger partial charge in [-0.25, -0.2) is 0 Å². The predicted molar refractivity (Wildman–Crippen MR) is 143 cm³/mol. The van der Waals surface area contributed by atoms with E-state index in [1.807, 2.05) is 24.3 Å². The molecule has 1 atom stereocenters. The summed E-state index contributed by atoms with van der Waals surface area (Å²) in [6.07, 6.45) is 0.0210. The van der Waals surface area contributed by atoms with Gasteiger partial charge in [-0.3, -0.25) is 14.4 Å². The molecule has 0 aliphatic carbocycles. The largest absolute Gasteiger partial charge is 0.457 e. The van der Waals surface area contributed by atoms with Gasteiger partial charge in [-0.1, -0.05) is 50.6 Å². The zero-order valence-corrected chi connectivity index (χ0v) is 21.7. The van der Waals surface area contributed by atoms with Crippen molar-refractivity contribution in [2.45, 2.75) is 32.6 Å². The SMILES string of the molecule is CC(C)(C)c1ccc(Oc2ccc(N3C[C@@H](C(=O)OCC(=O)Nc4cccc(Cl)c4)CC3=O)cc2)cc1. The minimum atomic E-state index is -0.649. The Labute approximate surface area is 221 Å². The standard InChI is InChI=1S/C29H29ClN2O5/c1-29(2,3)20-7-11-24(12-8-20)37-25-13-9-23(10-14-25)32-17-19(15-27(32)34)28(35)36-18-26(33)31-22-6-4-5-21(30)16-22/h4-14,16,19H,15,17-18H2,1-3H3,(H,31,33)/t19-/m0/s1. The molecule has 0 spiro atoms. The normalized spacial score (nSPS) is 15.4. The molecule has 7 nitrogen and oxygen atoms in total. The molecule has 0 bridgehead atoms. The molecule has 3 aromatic carbocycles. The van der Waals surface area contributed by atoms with Crippen LogP contribution in [-0.2, 0) is 24.5 Å². The molecular formula is C29H29ClN2O5. The summed E-state index contributed by atoms with van der Waals surface area (Å²) >= 11 is 5.90. The minimum absolute atomic E-state index is 0.0210. The molecule has 1 aliphatic heterocycles. The number of carbonyl (C=O) groups is 3. The molecule has 4 rings (SSSR count). The van der Waals surface area contributed by atoms with E-state index in [2.05, 4.69) is 26.1 Å². The third-order valence-corrected chi connectivity index (χ3v) is 6.25. The Morgan fingerprint density at radius 3 is 2.27 bits per heavy atom. The van der Waals surface area contributed by atoms with Crippen LogP contribution in [-0.4, -0.2) is 30.9 Å². The van der Waals surface area contributed by atoms with Crippen LogP contribution in [0, 0.1) is 5.92 Å². The second-order valence-electron chi connectivity index (χ2n) is 9.94. The monoisotopic (exact) mass is 520 g/mol. The first-order chi connectivity index (χ1) is 17.6. The van der Waals surface area contributed by atoms with Gasteiger partial charge in [0.2, 0.25) is 5.91 Å². The van der Waals surface area contributed by atoms with Gasteiger partial charge >= 0.3 is 5.97 Å². The molecule has 0 saturated carbocycles. The van der Waals surface area contributed by atoms with E-state index in [0.29, 0.717) is 22.1 Å². The number of hydrogen-bond donors (Lipinski definition) is 1. The fourth-order valence-electron chi connectivity index (χ4n) is 3.99. The highest BCUT2D eigenvalue weighted by atomic mass is 35.5. The lowest BCUT2D eigenvalue weighted by molar-refractivity contribution is -0.151. The van der Waals surface area contributed by atoms with Crippen molar-refractivity contribution < 1.29 is 23.9 Å². The van der Waals surface area contributed by atoms with E-state index < -0.39 is 24.4 Å². The van der Waals surface area contributed by atoms with Crippen molar-refractivity contribution in [1.82, 2.24) is 0 Å². The van der Waals surface area contributed by atoms with E-state index in [0.717, 1.165) is 5.75 Å². The van der Waals surface area contributed by atoms with Crippen molar-refractivity contribution in [3.05, 3.63) is 83.4 Å². The Bertz CT molecular complexity index is 1280. The number of halogens is 1. The molecule has 0 unspecified atom stereocenters. The first-order valence-electron chi connectivity index (χ1n) is 12.0. The van der Waals surface area contributed by atoms with Crippen LogP contribution in [0.2, 0.25) is 5.02 Å². The summed E-state index contributed by atoms with van der Waals surface area (Å²) in [5.41, 5.74) is 2.45. The van der Waals surface area contributed by atoms with E-state index in [9.17, 15) is 14.4 Å². The summed E-state index contributed by atoms with van der Waals surface area (Å²) in [5, 5.41) is 3.09. The molecule has 8 heteroatoms. The van der Waals surface area contributed by atoms with Crippen LogP contribution < -0.4 is 15.0 Å². The molecule has 192 valence electrons. The predicted octanol–water partition coefficient (Wildman–Crippen LogP) is 5.96. The third-order valence-electron chi connectivity index (χ3n) is 6.02. The molecule has 1 N–H and O–H groups in total. The van der Waals surface area contributed by atoms with E-state index >= 15 is 0 Å². The number of ether oxygens (including phenoxy) is 2. The average molecular weight is 521 g/mol. The van der Waals surface area contributed by atoms with Crippen LogP contribution in [0.3, 0.4) is 0 Å². The van der Waals surface area contributed by atoms with Crippen molar-refractivity contribution in [2.24, 2.45) is 5.92 Å². The summed E-state index contributed by atoms with van der Waals surface area (Å²) in [7, 11) is 0. The number of rotatable bonds is 7. The molecule has 3 aromatic rings. The van der Waals surface area contributed by atoms with Gasteiger partial charge in [0.05, 0.1) is 5.92 Å². The van der Waals surface area contributed by atoms with Crippen molar-refractivity contribution in [3.63, 3.8) is 0 Å². The van der Waals surface area contributed by atoms with Gasteiger partial charge in [-0.15, -0.1) is 0 Å². The second kappa shape index (κ2) is 11.0. The Balaban J connectivity index is 1.29. The van der Waals surface area contributed by atoms with Crippen LogP contribution >= 0.6 is 11.6 Å². The van der Waals surface area contributed by atoms with E-state index in [1.54, 1.807) is 53.4 Å². The Kier molecular flexibility index (Phi) is 7.83. The van der Waals surface area contributed by atoms with Gasteiger partial charge < -0.3 is 19.7 Å². The number of carbonyl (C=O) groups excluding carboxylic acids is 3. The van der Waals surface area contributed by atoms with E-state index in [1.165, 1.54) is 5.56 Å². The summed E-state index contributed by atoms with van der Waals surface area (Å²) in [5.74, 6) is -0.544. The smallest absolute Gasteiger partial charge is 0.311 e. The maximum Gasteiger partial charge on any atom is 0.311 e. The van der Waals surface area contributed by atoms with Crippen molar-refractivity contribution in [2.75, 3.05) is 23.4 Å². The lowest BCUT2D eigenvalue weighted by Gasteiger charge is -2.19. The van der Waals surface area contributed by atoms with Crippen LogP contribution in [0.15, 0.2) is 72.8 Å². The molecule has 1 fully saturated rings. The van der Waals surface area contributed by atoms with Gasteiger partial charge in [0.25, 0.3) is 5.91 Å². The molecule has 1 heterocycles. The lowest BCUT2D eigenvalue weighted by Crippen LogP contribution is -2.28. The fourth-order valence-corrected chi connectivity index (χ4v) is 4.18. The van der Waals surface area contributed by atoms with Crippen LogP contribution in [0.5, 0.6) is 11.5 Å². The van der Waals surface area contributed by atoms with Crippen LogP contribution in [0.1, 0.15) is 32.8 Å². The zero-order chi connectivity index (χ0) is 26.6. The highest BCUT2D eigenvalue weighted by Gasteiger charge is 2.36. The lowest BCUT2D eigenvalue weighted by atomic mass is 9.87. The first kappa shape index (κ1) is 26.2. The molecule has 2 amide bonds. The van der Waals surface area contributed by atoms with Crippen molar-refractivity contribution in [3.8, 4) is 11.5 Å². The maximum atomic E-state index is 12.6. The molecule has 0 radical (unpaired) electrons. The number of nitrogens with one attached hydrogen (secondary N) is 1. The summed E-state index contributed by atoms with van der Waals surface area (Å²) in [4.78, 5) is 38.7. The topological polar surface area (TPSA) is 84.9 Å². The summed E-state index contributed by atoms with van der Waals surface area (Å²) in [6.45, 7) is 6.21. The summed E-state index contributed by atoms with van der Waals surface area (Å²) < 4.78 is 11.1. The van der Waals surface area contributed by atoms with Gasteiger partial charge in [0.1, 0.15) is 11.5 Å². The molecule has 1 aliphatic rings. The number of amides is 2. The van der Waals surface area contributed by atoms with E-state index in [-0.39, 0.29) is 24.3 Å². The van der Waals surface area contributed by atoms with Crippen LogP contribution in [0.4, 0.5) is 11.4 Å². The number of nitrogens with zero attached hydrogens (tertiary/aromatic N) is 1. The number of benzene rings is 3. The zero-order valence-electron chi connectivity index (χ0n) is 21.0. The Morgan fingerprint density at radius 2 is 1.65 bits per heavy atom. The highest BCUT2D eigenvalue weighted by molar-refractivity contribution is 6.30. The van der Waals surface area contributed by atoms with Gasteiger partial charge in [0, 0.05) is 29.4 Å². The van der Waals surface area contributed by atoms with Gasteiger partial charge in [-0.05, 0) is 65.6 Å². The van der Waals surface area contributed by atoms with Crippen molar-refractivity contribution in [1.29, 1.82) is 0 Å². The highest BCUT2D eigenvalue weighted by Crippen LogP contribution is 2.30. The maximum absolute atomic E-state index is 12.6. The third kappa shape index (κ3) is 6.89. The Hall–Kier alpha value is -3.84. The molecule has 1 saturated heterocycles. The Morgan fingerprint density at radius 1 is 1.00 bits per heavy atom. The first-order valence-corrected chi connectivity index (χ1v) is 12.4. The van der Waals surface area contributed by atoms with Gasteiger partial charge in [-0.2, -0.15) is 0 Å². The van der Waals surface area contributed by atoms with E-state index in [4.69, 9.17) is 21.1 Å². The molecule has 37 heavy (non-hydrogen) atoms. The summed E-state index contributed by atoms with van der Waals surface area (Å²) in [6, 6.07) is 21.8. The number of anilines is 2. The van der Waals surface area contributed by atoms with Crippen LogP contribution in [0.25, 0.3) is 0 Å². The van der Waals surface area contributed by atoms with Crippen molar-refractivity contribution >= 4 is 40.8 Å². The number of hydrogen-bond acceptors (Lipinski definition) is 5. The minimum Gasteiger partial charge on any atom is -0.457 e. The van der Waals surface area contributed by atoms with Gasteiger partial charge in [0.15, 0.2) is 6.61 Å². The second-order valence-corrected chi connectivity index (χ2v) is 10.4. The fraction of sp³-hybridized carbons (Fsp3) is 0.276. The average Bonchev–Trinajstić information content (AvgIpc) is 3.24. The molecule has 0 aromatic heterocycles. The quantitative estimate of drug-likeness (QED) is 0.388. The molecular weight excluding hydrogens is 492 g/mol.